The fraction of sp³-hybridized carbons (Fsp3) is 0.300. The lowest BCUT2D eigenvalue weighted by molar-refractivity contribution is 0.711. The minimum atomic E-state index is -0.403. The van der Waals surface area contributed by atoms with Crippen LogP contribution in [0, 0.1) is 6.92 Å². The van der Waals surface area contributed by atoms with Crippen molar-refractivity contribution >= 4 is 0 Å². The van der Waals surface area contributed by atoms with Gasteiger partial charge >= 0.3 is 5.69 Å². The van der Waals surface area contributed by atoms with Gasteiger partial charge in [0.25, 0.3) is 5.56 Å². The summed E-state index contributed by atoms with van der Waals surface area (Å²) in [7, 11) is 1.81. The van der Waals surface area contributed by atoms with Crippen molar-refractivity contribution in [1.29, 1.82) is 0 Å². The molecule has 0 saturated carbocycles. The van der Waals surface area contributed by atoms with Gasteiger partial charge in [-0.3, -0.25) is 19.0 Å². The normalized spacial score (nSPS) is 10.6. The fourth-order valence-corrected chi connectivity index (χ4v) is 1.49. The highest BCUT2D eigenvalue weighted by molar-refractivity contribution is 5.07. The van der Waals surface area contributed by atoms with Gasteiger partial charge in [-0.2, -0.15) is 5.10 Å². The van der Waals surface area contributed by atoms with Crippen LogP contribution in [0.25, 0.3) is 0 Å². The van der Waals surface area contributed by atoms with Crippen LogP contribution in [-0.4, -0.2) is 19.3 Å². The molecule has 6 nitrogen and oxygen atoms in total. The smallest absolute Gasteiger partial charge is 0.296 e. The van der Waals surface area contributed by atoms with E-state index in [9.17, 15) is 9.59 Å². The number of aryl methyl sites for hydroxylation is 2. The molecule has 0 bridgehead atoms. The Morgan fingerprint density at radius 3 is 2.75 bits per heavy atom. The van der Waals surface area contributed by atoms with Gasteiger partial charge < -0.3 is 0 Å². The third kappa shape index (κ3) is 1.95. The second-order valence-corrected chi connectivity index (χ2v) is 3.72. The highest BCUT2D eigenvalue weighted by Crippen LogP contribution is 1.98. The molecule has 2 aromatic rings. The zero-order chi connectivity index (χ0) is 11.7. The molecule has 2 aromatic heterocycles. The van der Waals surface area contributed by atoms with Gasteiger partial charge in [-0.15, -0.1) is 0 Å². The quantitative estimate of drug-likeness (QED) is 0.750. The number of nitrogens with zero attached hydrogens (tertiary/aromatic N) is 3. The van der Waals surface area contributed by atoms with E-state index >= 15 is 0 Å². The van der Waals surface area contributed by atoms with Crippen LogP contribution in [0.5, 0.6) is 0 Å². The Balaban J connectivity index is 2.39. The lowest BCUT2D eigenvalue weighted by Crippen LogP contribution is -2.30. The fourth-order valence-electron chi connectivity index (χ4n) is 1.49. The first kappa shape index (κ1) is 10.4. The van der Waals surface area contributed by atoms with Gasteiger partial charge in [-0.05, 0) is 6.92 Å². The topological polar surface area (TPSA) is 72.7 Å². The average Bonchev–Trinajstić information content (AvgIpc) is 2.60. The molecule has 2 heterocycles. The lowest BCUT2D eigenvalue weighted by Gasteiger charge is -2.03. The Morgan fingerprint density at radius 2 is 2.12 bits per heavy atom. The van der Waals surface area contributed by atoms with Crippen LogP contribution < -0.4 is 11.2 Å². The molecule has 84 valence electrons. The third-order valence-electron chi connectivity index (χ3n) is 2.30. The number of nitrogens with one attached hydrogen (secondary N) is 1. The molecular weight excluding hydrogens is 208 g/mol. The van der Waals surface area contributed by atoms with Gasteiger partial charge in [0.15, 0.2) is 0 Å². The molecule has 16 heavy (non-hydrogen) atoms. The maximum atomic E-state index is 11.5. The highest BCUT2D eigenvalue weighted by atomic mass is 16.2. The number of hydrogen-bond acceptors (Lipinski definition) is 3. The molecular formula is C10H12N4O2. The van der Waals surface area contributed by atoms with Crippen molar-refractivity contribution in [2.75, 3.05) is 0 Å². The summed E-state index contributed by atoms with van der Waals surface area (Å²) < 4.78 is 3.12. The molecule has 0 unspecified atom stereocenters. The number of hydrogen-bond donors (Lipinski definition) is 1. The summed E-state index contributed by atoms with van der Waals surface area (Å²) >= 11 is 0. The van der Waals surface area contributed by atoms with Crippen molar-refractivity contribution < 1.29 is 0 Å². The van der Waals surface area contributed by atoms with Crippen molar-refractivity contribution in [3.63, 3.8) is 0 Å². The minimum absolute atomic E-state index is 0.340. The molecule has 0 radical (unpaired) electrons. The Kier molecular flexibility index (Phi) is 2.47. The summed E-state index contributed by atoms with van der Waals surface area (Å²) in [6, 6.07) is 0. The van der Waals surface area contributed by atoms with E-state index in [2.05, 4.69) is 10.1 Å². The van der Waals surface area contributed by atoms with Crippen LogP contribution in [0.2, 0.25) is 0 Å². The molecule has 2 rings (SSSR count). The predicted octanol–water partition coefficient (Wildman–Crippen LogP) is -0.373. The maximum absolute atomic E-state index is 11.5. The first-order chi connectivity index (χ1) is 7.56. The molecule has 0 aliphatic heterocycles. The standard InChI is InChI=1S/C10H12N4O2/c1-7-4-14(10(16)12-9(7)15)6-8-3-11-13(2)5-8/h3-5H,6H2,1-2H3,(H,12,15,16). The highest BCUT2D eigenvalue weighted by Gasteiger charge is 2.02. The van der Waals surface area contributed by atoms with Crippen molar-refractivity contribution in [3.8, 4) is 0 Å². The SMILES string of the molecule is Cc1cn(Cc2cnn(C)c2)c(=O)[nH]c1=O. The van der Waals surface area contributed by atoms with Gasteiger partial charge in [0.05, 0.1) is 12.7 Å². The maximum Gasteiger partial charge on any atom is 0.328 e. The van der Waals surface area contributed by atoms with Gasteiger partial charge in [0.1, 0.15) is 0 Å². The summed E-state index contributed by atoms with van der Waals surface area (Å²) in [5.41, 5.74) is 0.687. The summed E-state index contributed by atoms with van der Waals surface area (Å²) in [5, 5.41) is 4.01. The second kappa shape index (κ2) is 3.80. The zero-order valence-corrected chi connectivity index (χ0v) is 9.10. The van der Waals surface area contributed by atoms with Crippen molar-refractivity contribution in [2.24, 2.45) is 7.05 Å². The van der Waals surface area contributed by atoms with Crippen LogP contribution in [-0.2, 0) is 13.6 Å². The first-order valence-electron chi connectivity index (χ1n) is 4.84. The first-order valence-corrected chi connectivity index (χ1v) is 4.84. The van der Waals surface area contributed by atoms with E-state index in [1.807, 2.05) is 13.2 Å². The van der Waals surface area contributed by atoms with Gasteiger partial charge in [-0.25, -0.2) is 4.79 Å². The van der Waals surface area contributed by atoms with Crippen LogP contribution in [0.15, 0.2) is 28.2 Å². The van der Waals surface area contributed by atoms with E-state index < -0.39 is 5.69 Å². The number of aromatic amines is 1. The van der Waals surface area contributed by atoms with Crippen LogP contribution >= 0.6 is 0 Å². The van der Waals surface area contributed by atoms with Crippen LogP contribution in [0.4, 0.5) is 0 Å². The summed E-state index contributed by atoms with van der Waals surface area (Å²) in [5.74, 6) is 0. The van der Waals surface area contributed by atoms with E-state index in [0.717, 1.165) is 5.56 Å². The van der Waals surface area contributed by atoms with Crippen LogP contribution in [0.3, 0.4) is 0 Å². The molecule has 0 atom stereocenters. The molecule has 1 N–H and O–H groups in total. The van der Waals surface area contributed by atoms with E-state index in [0.29, 0.717) is 12.1 Å². The summed E-state index contributed by atoms with van der Waals surface area (Å²) in [4.78, 5) is 24.9. The van der Waals surface area contributed by atoms with Gasteiger partial charge in [0.2, 0.25) is 0 Å². The molecule has 0 spiro atoms. The second-order valence-electron chi connectivity index (χ2n) is 3.72. The number of rotatable bonds is 2. The molecule has 6 heteroatoms. The molecule has 0 aliphatic rings. The zero-order valence-electron chi connectivity index (χ0n) is 9.10. The molecule has 0 aliphatic carbocycles. The van der Waals surface area contributed by atoms with E-state index in [4.69, 9.17) is 0 Å². The van der Waals surface area contributed by atoms with Gasteiger partial charge in [0, 0.05) is 30.6 Å². The van der Waals surface area contributed by atoms with Crippen molar-refractivity contribution in [2.45, 2.75) is 13.5 Å². The van der Waals surface area contributed by atoms with Crippen LogP contribution in [0.1, 0.15) is 11.1 Å². The summed E-state index contributed by atoms with van der Waals surface area (Å²) in [6.45, 7) is 2.07. The largest absolute Gasteiger partial charge is 0.328 e. The monoisotopic (exact) mass is 220 g/mol. The van der Waals surface area contributed by atoms with E-state index in [1.165, 1.54) is 4.57 Å². The Labute approximate surface area is 91.2 Å². The van der Waals surface area contributed by atoms with Crippen molar-refractivity contribution in [3.05, 3.63) is 50.6 Å². The molecule has 0 amide bonds. The molecule has 0 aromatic carbocycles. The Hall–Kier alpha value is -2.11. The third-order valence-corrected chi connectivity index (χ3v) is 2.30. The van der Waals surface area contributed by atoms with Gasteiger partial charge in [-0.1, -0.05) is 0 Å². The average molecular weight is 220 g/mol. The molecule has 0 fully saturated rings. The number of H-pyrrole nitrogens is 1. The van der Waals surface area contributed by atoms with Crippen molar-refractivity contribution in [1.82, 2.24) is 19.3 Å². The van der Waals surface area contributed by atoms with E-state index in [-0.39, 0.29) is 5.56 Å². The Morgan fingerprint density at radius 1 is 1.38 bits per heavy atom. The lowest BCUT2D eigenvalue weighted by atomic mass is 10.3. The number of aromatic nitrogens is 4. The summed E-state index contributed by atoms with van der Waals surface area (Å²) in [6.07, 6.45) is 5.06. The predicted molar refractivity (Wildman–Crippen MR) is 58.4 cm³/mol. The minimum Gasteiger partial charge on any atom is -0.296 e. The van der Waals surface area contributed by atoms with E-state index in [1.54, 1.807) is 24.0 Å². The molecule has 0 saturated heterocycles. The Bertz CT molecular complexity index is 620.